The van der Waals surface area contributed by atoms with Crippen LogP contribution in [-0.4, -0.2) is 34.6 Å². The average Bonchev–Trinajstić information content (AvgIpc) is 3.29. The van der Waals surface area contributed by atoms with Gasteiger partial charge in [0.25, 0.3) is 0 Å². The highest BCUT2D eigenvalue weighted by molar-refractivity contribution is 6.30. The third-order valence-corrected chi connectivity index (χ3v) is 4.89. The van der Waals surface area contributed by atoms with Gasteiger partial charge in [-0.05, 0) is 49.4 Å². The van der Waals surface area contributed by atoms with E-state index in [1.807, 2.05) is 41.0 Å². The second-order valence-corrected chi connectivity index (χ2v) is 7.04. The van der Waals surface area contributed by atoms with E-state index in [-0.39, 0.29) is 37.5 Å². The zero-order chi connectivity index (χ0) is 18.6. The molecular formula is C20H22Cl2N4O2. The van der Waals surface area contributed by atoms with Crippen molar-refractivity contribution >= 4 is 40.9 Å². The fourth-order valence-electron chi connectivity index (χ4n) is 3.29. The summed E-state index contributed by atoms with van der Waals surface area (Å²) >= 11 is 5.91. The summed E-state index contributed by atoms with van der Waals surface area (Å²) in [4.78, 5) is 17.2. The van der Waals surface area contributed by atoms with Crippen molar-refractivity contribution in [3.63, 3.8) is 0 Å². The summed E-state index contributed by atoms with van der Waals surface area (Å²) in [7, 11) is 0. The minimum absolute atomic E-state index is 0. The standard InChI is InChI=1S/C20H21ClN4O2.ClH/c21-14-5-7-16(8-6-14)27-13-19-24-17-3-1-2-4-18(17)25(19)12-20(26)23-15-9-10-22-11-15;/h1-8,15,22H,9-13H2,(H,23,26);1H. The zero-order valence-corrected chi connectivity index (χ0v) is 16.8. The van der Waals surface area contributed by atoms with E-state index >= 15 is 0 Å². The van der Waals surface area contributed by atoms with Crippen LogP contribution >= 0.6 is 24.0 Å². The SMILES string of the molecule is Cl.O=C(Cn1c(COc2ccc(Cl)cc2)nc2ccccc21)NC1CCNC1. The number of benzene rings is 2. The van der Waals surface area contributed by atoms with E-state index in [4.69, 9.17) is 16.3 Å². The lowest BCUT2D eigenvalue weighted by molar-refractivity contribution is -0.122. The van der Waals surface area contributed by atoms with Crippen molar-refractivity contribution in [2.75, 3.05) is 13.1 Å². The Hall–Kier alpha value is -2.28. The molecule has 0 bridgehead atoms. The third-order valence-electron chi connectivity index (χ3n) is 4.64. The van der Waals surface area contributed by atoms with Crippen LogP contribution < -0.4 is 15.4 Å². The summed E-state index contributed by atoms with van der Waals surface area (Å²) < 4.78 is 7.77. The molecule has 148 valence electrons. The second-order valence-electron chi connectivity index (χ2n) is 6.60. The first kappa shape index (κ1) is 20.5. The van der Waals surface area contributed by atoms with Crippen molar-refractivity contribution in [1.82, 2.24) is 20.2 Å². The molecule has 1 unspecified atom stereocenters. The lowest BCUT2D eigenvalue weighted by Crippen LogP contribution is -2.38. The molecule has 4 rings (SSSR count). The number of rotatable bonds is 6. The van der Waals surface area contributed by atoms with Crippen LogP contribution in [0.15, 0.2) is 48.5 Å². The molecule has 1 amide bonds. The largest absolute Gasteiger partial charge is 0.486 e. The minimum atomic E-state index is -0.0143. The van der Waals surface area contributed by atoms with Crippen LogP contribution in [0, 0.1) is 0 Å². The highest BCUT2D eigenvalue weighted by Crippen LogP contribution is 2.20. The van der Waals surface area contributed by atoms with Gasteiger partial charge in [0.2, 0.25) is 5.91 Å². The molecule has 28 heavy (non-hydrogen) atoms. The molecule has 1 aliphatic heterocycles. The molecule has 1 atom stereocenters. The number of fused-ring (bicyclic) bond motifs is 1. The van der Waals surface area contributed by atoms with E-state index < -0.39 is 0 Å². The van der Waals surface area contributed by atoms with Gasteiger partial charge in [-0.25, -0.2) is 4.98 Å². The third kappa shape index (κ3) is 4.76. The van der Waals surface area contributed by atoms with Crippen LogP contribution in [0.5, 0.6) is 5.75 Å². The molecule has 6 nitrogen and oxygen atoms in total. The van der Waals surface area contributed by atoms with Gasteiger partial charge in [0, 0.05) is 17.6 Å². The van der Waals surface area contributed by atoms with Crippen molar-refractivity contribution in [2.45, 2.75) is 25.6 Å². The molecule has 1 aromatic heterocycles. The van der Waals surface area contributed by atoms with Crippen LogP contribution in [0.1, 0.15) is 12.2 Å². The highest BCUT2D eigenvalue weighted by atomic mass is 35.5. The van der Waals surface area contributed by atoms with Crippen LogP contribution in [0.2, 0.25) is 5.02 Å². The molecule has 0 saturated carbocycles. The zero-order valence-electron chi connectivity index (χ0n) is 15.2. The van der Waals surface area contributed by atoms with Gasteiger partial charge in [-0.2, -0.15) is 0 Å². The first-order valence-electron chi connectivity index (χ1n) is 9.01. The molecule has 1 fully saturated rings. The first-order valence-corrected chi connectivity index (χ1v) is 9.39. The van der Waals surface area contributed by atoms with Crippen molar-refractivity contribution in [3.8, 4) is 5.75 Å². The second kappa shape index (κ2) is 9.28. The predicted molar refractivity (Wildman–Crippen MR) is 112 cm³/mol. The molecule has 8 heteroatoms. The molecular weight excluding hydrogens is 399 g/mol. The Labute approximate surface area is 174 Å². The average molecular weight is 421 g/mol. The topological polar surface area (TPSA) is 68.2 Å². The number of halogens is 2. The van der Waals surface area contributed by atoms with E-state index in [1.165, 1.54) is 0 Å². The number of imidazole rings is 1. The van der Waals surface area contributed by atoms with Gasteiger partial charge in [0.1, 0.15) is 24.7 Å². The fourth-order valence-corrected chi connectivity index (χ4v) is 3.41. The van der Waals surface area contributed by atoms with Gasteiger partial charge < -0.3 is 19.9 Å². The maximum absolute atomic E-state index is 12.5. The summed E-state index contributed by atoms with van der Waals surface area (Å²) in [6.45, 7) is 2.26. The van der Waals surface area contributed by atoms with E-state index in [1.54, 1.807) is 12.1 Å². The number of nitrogens with one attached hydrogen (secondary N) is 2. The van der Waals surface area contributed by atoms with Gasteiger partial charge in [0.05, 0.1) is 11.0 Å². The number of carbonyl (C=O) groups excluding carboxylic acids is 1. The quantitative estimate of drug-likeness (QED) is 0.642. The molecule has 3 aromatic rings. The maximum atomic E-state index is 12.5. The predicted octanol–water partition coefficient (Wildman–Crippen LogP) is 3.17. The van der Waals surface area contributed by atoms with Crippen molar-refractivity contribution in [2.24, 2.45) is 0 Å². The molecule has 2 N–H and O–H groups in total. The number of hydrogen-bond acceptors (Lipinski definition) is 4. The Kier molecular flexibility index (Phi) is 6.78. The number of hydrogen-bond donors (Lipinski definition) is 2. The van der Waals surface area contributed by atoms with Crippen molar-refractivity contribution in [1.29, 1.82) is 0 Å². The van der Waals surface area contributed by atoms with Gasteiger partial charge in [-0.3, -0.25) is 4.79 Å². The van der Waals surface area contributed by atoms with Crippen LogP contribution in [0.4, 0.5) is 0 Å². The molecule has 0 radical (unpaired) electrons. The molecule has 1 aliphatic rings. The monoisotopic (exact) mass is 420 g/mol. The Morgan fingerprint density at radius 2 is 2.04 bits per heavy atom. The van der Waals surface area contributed by atoms with E-state index in [0.717, 1.165) is 30.5 Å². The van der Waals surface area contributed by atoms with Gasteiger partial charge in [-0.15, -0.1) is 12.4 Å². The minimum Gasteiger partial charge on any atom is -0.486 e. The number of nitrogens with zero attached hydrogens (tertiary/aromatic N) is 2. The summed E-state index contributed by atoms with van der Waals surface area (Å²) in [5.74, 6) is 1.41. The Morgan fingerprint density at radius 3 is 2.79 bits per heavy atom. The van der Waals surface area contributed by atoms with Gasteiger partial charge in [0.15, 0.2) is 0 Å². The Balaban J connectivity index is 0.00000225. The number of amides is 1. The number of para-hydroxylation sites is 2. The fraction of sp³-hybridized carbons (Fsp3) is 0.300. The maximum Gasteiger partial charge on any atom is 0.240 e. The van der Waals surface area contributed by atoms with Gasteiger partial charge in [-0.1, -0.05) is 23.7 Å². The van der Waals surface area contributed by atoms with Crippen molar-refractivity contribution < 1.29 is 9.53 Å². The summed E-state index contributed by atoms with van der Waals surface area (Å²) in [6, 6.07) is 15.2. The lowest BCUT2D eigenvalue weighted by atomic mass is 10.2. The number of aromatic nitrogens is 2. The summed E-state index contributed by atoms with van der Waals surface area (Å²) in [6.07, 6.45) is 0.961. The molecule has 2 heterocycles. The Bertz CT molecular complexity index is 937. The smallest absolute Gasteiger partial charge is 0.240 e. The molecule has 1 saturated heterocycles. The summed E-state index contributed by atoms with van der Waals surface area (Å²) in [5, 5.41) is 7.00. The van der Waals surface area contributed by atoms with E-state index in [9.17, 15) is 4.79 Å². The van der Waals surface area contributed by atoms with Gasteiger partial charge >= 0.3 is 0 Å². The molecule has 0 spiro atoms. The highest BCUT2D eigenvalue weighted by Gasteiger charge is 2.19. The van der Waals surface area contributed by atoms with Crippen LogP contribution in [0.25, 0.3) is 11.0 Å². The van der Waals surface area contributed by atoms with E-state index in [0.29, 0.717) is 16.6 Å². The normalized spacial score (nSPS) is 16.0. The molecule has 0 aliphatic carbocycles. The van der Waals surface area contributed by atoms with Crippen LogP contribution in [-0.2, 0) is 17.9 Å². The van der Waals surface area contributed by atoms with Crippen LogP contribution in [0.3, 0.4) is 0 Å². The van der Waals surface area contributed by atoms with Crippen molar-refractivity contribution in [3.05, 3.63) is 59.4 Å². The first-order chi connectivity index (χ1) is 13.2. The van der Waals surface area contributed by atoms with E-state index in [2.05, 4.69) is 15.6 Å². The Morgan fingerprint density at radius 1 is 1.25 bits per heavy atom. The number of carbonyl (C=O) groups is 1. The molecule has 2 aromatic carbocycles. The summed E-state index contributed by atoms with van der Waals surface area (Å²) in [5.41, 5.74) is 1.77. The lowest BCUT2D eigenvalue weighted by Gasteiger charge is -2.14. The number of ether oxygens (including phenoxy) is 1.